The highest BCUT2D eigenvalue weighted by molar-refractivity contribution is 7.98. The Morgan fingerprint density at radius 2 is 2.25 bits per heavy atom. The van der Waals surface area contributed by atoms with Gasteiger partial charge in [-0.25, -0.2) is 14.5 Å². The predicted molar refractivity (Wildman–Crippen MR) is 73.7 cm³/mol. The second-order valence-electron chi connectivity index (χ2n) is 4.16. The van der Waals surface area contributed by atoms with Crippen LogP contribution in [0.2, 0.25) is 0 Å². The van der Waals surface area contributed by atoms with Crippen LogP contribution in [0.1, 0.15) is 16.1 Å². The first-order valence-corrected chi connectivity index (χ1v) is 6.86. The van der Waals surface area contributed by atoms with Gasteiger partial charge in [0.05, 0.1) is 5.75 Å². The maximum Gasteiger partial charge on any atom is 0.339 e. The molecule has 0 saturated carbocycles. The molecule has 3 aromatic rings. The molecule has 0 atom stereocenters. The standard InChI is InChI=1S/C13H11N3O3S/c1-16-13(14-7-15-16)20-6-10-11(12(17)18)8-4-2-3-5-9(8)19-10/h2-5,7H,6H2,1H3,(H,17,18). The van der Waals surface area contributed by atoms with Gasteiger partial charge in [-0.3, -0.25) is 0 Å². The van der Waals surface area contributed by atoms with Gasteiger partial charge in [0, 0.05) is 12.4 Å². The number of hydrogen-bond donors (Lipinski definition) is 1. The summed E-state index contributed by atoms with van der Waals surface area (Å²) in [5.41, 5.74) is 0.800. The van der Waals surface area contributed by atoms with E-state index < -0.39 is 5.97 Å². The minimum atomic E-state index is -0.983. The van der Waals surface area contributed by atoms with Gasteiger partial charge in [-0.15, -0.1) is 0 Å². The van der Waals surface area contributed by atoms with E-state index in [1.54, 1.807) is 29.9 Å². The monoisotopic (exact) mass is 289 g/mol. The highest BCUT2D eigenvalue weighted by Crippen LogP contribution is 2.30. The number of aromatic nitrogens is 3. The molecule has 0 bridgehead atoms. The van der Waals surface area contributed by atoms with Crippen LogP contribution < -0.4 is 0 Å². The van der Waals surface area contributed by atoms with E-state index in [1.165, 1.54) is 18.1 Å². The number of rotatable bonds is 4. The Labute approximate surface area is 118 Å². The van der Waals surface area contributed by atoms with E-state index in [2.05, 4.69) is 10.1 Å². The van der Waals surface area contributed by atoms with Crippen molar-refractivity contribution in [3.05, 3.63) is 41.9 Å². The molecule has 0 saturated heterocycles. The molecule has 0 fully saturated rings. The van der Waals surface area contributed by atoms with Crippen molar-refractivity contribution in [3.63, 3.8) is 0 Å². The maximum atomic E-state index is 11.4. The first-order chi connectivity index (χ1) is 9.66. The summed E-state index contributed by atoms with van der Waals surface area (Å²) in [7, 11) is 1.78. The number of thioether (sulfide) groups is 1. The summed E-state index contributed by atoms with van der Waals surface area (Å²) < 4.78 is 7.27. The molecule has 1 N–H and O–H groups in total. The molecule has 0 unspecified atom stereocenters. The highest BCUT2D eigenvalue weighted by Gasteiger charge is 2.20. The molecular weight excluding hydrogens is 278 g/mol. The van der Waals surface area contributed by atoms with Crippen LogP contribution in [-0.4, -0.2) is 25.8 Å². The topological polar surface area (TPSA) is 81.2 Å². The number of benzene rings is 1. The normalized spacial score (nSPS) is 11.1. The fourth-order valence-electron chi connectivity index (χ4n) is 1.98. The Hall–Kier alpha value is -2.28. The largest absolute Gasteiger partial charge is 0.478 e. The summed E-state index contributed by atoms with van der Waals surface area (Å²) in [6.45, 7) is 0. The van der Waals surface area contributed by atoms with Gasteiger partial charge in [-0.2, -0.15) is 5.10 Å². The summed E-state index contributed by atoms with van der Waals surface area (Å²) in [6, 6.07) is 7.12. The molecule has 0 spiro atoms. The van der Waals surface area contributed by atoms with Crippen molar-refractivity contribution in [1.82, 2.24) is 14.8 Å². The Bertz CT molecular complexity index is 778. The van der Waals surface area contributed by atoms with Crippen molar-refractivity contribution in [2.24, 2.45) is 7.05 Å². The molecule has 6 nitrogen and oxygen atoms in total. The van der Waals surface area contributed by atoms with Gasteiger partial charge in [-0.05, 0) is 6.07 Å². The van der Waals surface area contributed by atoms with E-state index in [0.717, 1.165) is 0 Å². The number of furan rings is 1. The smallest absolute Gasteiger partial charge is 0.339 e. The molecule has 0 aliphatic rings. The minimum absolute atomic E-state index is 0.218. The van der Waals surface area contributed by atoms with Crippen LogP contribution in [0.3, 0.4) is 0 Å². The molecule has 3 rings (SSSR count). The van der Waals surface area contributed by atoms with Crippen LogP contribution in [0.5, 0.6) is 0 Å². The van der Waals surface area contributed by atoms with Crippen LogP contribution in [0.15, 0.2) is 40.2 Å². The van der Waals surface area contributed by atoms with Crippen LogP contribution in [-0.2, 0) is 12.8 Å². The van der Waals surface area contributed by atoms with Gasteiger partial charge in [0.25, 0.3) is 0 Å². The van der Waals surface area contributed by atoms with E-state index in [9.17, 15) is 9.90 Å². The molecule has 1 aromatic carbocycles. The van der Waals surface area contributed by atoms with Gasteiger partial charge in [0.1, 0.15) is 23.2 Å². The summed E-state index contributed by atoms with van der Waals surface area (Å²) in [4.78, 5) is 15.5. The molecule has 0 amide bonds. The molecule has 0 radical (unpaired) electrons. The molecule has 102 valence electrons. The Morgan fingerprint density at radius 1 is 1.45 bits per heavy atom. The van der Waals surface area contributed by atoms with Crippen molar-refractivity contribution in [2.75, 3.05) is 0 Å². The Kier molecular flexibility index (Phi) is 3.19. The number of aryl methyl sites for hydroxylation is 1. The minimum Gasteiger partial charge on any atom is -0.478 e. The van der Waals surface area contributed by atoms with Gasteiger partial charge in [0.2, 0.25) is 0 Å². The number of nitrogens with zero attached hydrogens (tertiary/aromatic N) is 3. The van der Waals surface area contributed by atoms with Crippen LogP contribution >= 0.6 is 11.8 Å². The van der Waals surface area contributed by atoms with E-state index in [1.807, 2.05) is 6.07 Å². The van der Waals surface area contributed by atoms with Gasteiger partial charge >= 0.3 is 5.97 Å². The molecular formula is C13H11N3O3S. The zero-order valence-corrected chi connectivity index (χ0v) is 11.4. The van der Waals surface area contributed by atoms with Crippen LogP contribution in [0.25, 0.3) is 11.0 Å². The summed E-state index contributed by atoms with van der Waals surface area (Å²) >= 11 is 1.39. The molecule has 2 heterocycles. The third kappa shape index (κ3) is 2.16. The van der Waals surface area contributed by atoms with Crippen molar-refractivity contribution in [3.8, 4) is 0 Å². The van der Waals surface area contributed by atoms with Crippen LogP contribution in [0.4, 0.5) is 0 Å². The second-order valence-corrected chi connectivity index (χ2v) is 5.10. The third-order valence-corrected chi connectivity index (χ3v) is 3.92. The average Bonchev–Trinajstić information content (AvgIpc) is 2.99. The summed E-state index contributed by atoms with van der Waals surface area (Å²) in [6.07, 6.45) is 1.46. The zero-order valence-electron chi connectivity index (χ0n) is 10.6. The van der Waals surface area contributed by atoms with E-state index in [4.69, 9.17) is 4.42 Å². The fourth-order valence-corrected chi connectivity index (χ4v) is 2.80. The third-order valence-electron chi connectivity index (χ3n) is 2.88. The number of carbonyl (C=O) groups is 1. The van der Waals surface area contributed by atoms with E-state index in [-0.39, 0.29) is 5.56 Å². The van der Waals surface area contributed by atoms with Gasteiger partial charge in [0.15, 0.2) is 5.16 Å². The lowest BCUT2D eigenvalue weighted by Crippen LogP contribution is -1.99. The van der Waals surface area contributed by atoms with E-state index >= 15 is 0 Å². The van der Waals surface area contributed by atoms with Gasteiger partial charge in [-0.1, -0.05) is 30.0 Å². The van der Waals surface area contributed by atoms with Gasteiger partial charge < -0.3 is 9.52 Å². The summed E-state index contributed by atoms with van der Waals surface area (Å²) in [5, 5.41) is 14.7. The molecule has 2 aromatic heterocycles. The lowest BCUT2D eigenvalue weighted by molar-refractivity contribution is 0.0697. The Morgan fingerprint density at radius 3 is 2.95 bits per heavy atom. The van der Waals surface area contributed by atoms with E-state index in [0.29, 0.717) is 27.6 Å². The number of para-hydroxylation sites is 1. The van der Waals surface area contributed by atoms with Crippen molar-refractivity contribution < 1.29 is 14.3 Å². The summed E-state index contributed by atoms with van der Waals surface area (Å²) in [5.74, 6) is -0.154. The number of hydrogen-bond acceptors (Lipinski definition) is 5. The lowest BCUT2D eigenvalue weighted by atomic mass is 10.1. The maximum absolute atomic E-state index is 11.4. The zero-order chi connectivity index (χ0) is 14.1. The van der Waals surface area contributed by atoms with Crippen molar-refractivity contribution in [2.45, 2.75) is 10.9 Å². The second kappa shape index (κ2) is 5.01. The molecule has 0 aliphatic carbocycles. The first kappa shape index (κ1) is 12.7. The van der Waals surface area contributed by atoms with Crippen LogP contribution in [0, 0.1) is 0 Å². The SMILES string of the molecule is Cn1ncnc1SCc1oc2ccccc2c1C(=O)O. The molecule has 0 aliphatic heterocycles. The highest BCUT2D eigenvalue weighted by atomic mass is 32.2. The molecule has 7 heteroatoms. The molecule has 20 heavy (non-hydrogen) atoms. The number of aromatic carboxylic acids is 1. The number of carboxylic acids is 1. The Balaban J connectivity index is 1.96. The lowest BCUT2D eigenvalue weighted by Gasteiger charge is -1.99. The number of carboxylic acid groups (broad SMARTS) is 1. The fraction of sp³-hybridized carbons (Fsp3) is 0.154. The quantitative estimate of drug-likeness (QED) is 0.743. The van der Waals surface area contributed by atoms with Crippen molar-refractivity contribution >= 4 is 28.7 Å². The van der Waals surface area contributed by atoms with Crippen molar-refractivity contribution in [1.29, 1.82) is 0 Å². The first-order valence-electron chi connectivity index (χ1n) is 5.87. The predicted octanol–water partition coefficient (Wildman–Crippen LogP) is 2.55. The average molecular weight is 289 g/mol. The number of fused-ring (bicyclic) bond motifs is 1.